The number of rotatable bonds is 6. The van der Waals surface area contributed by atoms with Gasteiger partial charge in [-0.1, -0.05) is 44.4 Å². The summed E-state index contributed by atoms with van der Waals surface area (Å²) >= 11 is 0. The number of benzene rings is 1. The molecule has 0 aliphatic carbocycles. The average Bonchev–Trinajstić information content (AvgIpc) is 2.37. The number of hydrogen-bond donors (Lipinski definition) is 0. The Hall–Kier alpha value is -1.76. The maximum absolute atomic E-state index is 5.81. The molecule has 0 saturated heterocycles. The maximum Gasteiger partial charge on any atom is 0.127 e. The van der Waals surface area contributed by atoms with Crippen LogP contribution < -0.4 is 4.74 Å². The lowest BCUT2D eigenvalue weighted by molar-refractivity contribution is 0.316. The molecular formula is C17H22O. The molecule has 1 heteroatoms. The third-order valence-electron chi connectivity index (χ3n) is 2.77. The Labute approximate surface area is 110 Å². The van der Waals surface area contributed by atoms with Crippen LogP contribution >= 0.6 is 0 Å². The Kier molecular flexibility index (Phi) is 5.44. The van der Waals surface area contributed by atoms with Crippen molar-refractivity contribution in [3.8, 4) is 5.75 Å². The molecule has 0 fully saturated rings. The monoisotopic (exact) mass is 242 g/mol. The van der Waals surface area contributed by atoms with E-state index in [0.717, 1.165) is 41.1 Å². The third-order valence-corrected chi connectivity index (χ3v) is 2.77. The van der Waals surface area contributed by atoms with Gasteiger partial charge in [0.05, 0.1) is 6.61 Å². The van der Waals surface area contributed by atoms with Crippen LogP contribution in [0.3, 0.4) is 0 Å². The van der Waals surface area contributed by atoms with Crippen molar-refractivity contribution in [1.29, 1.82) is 0 Å². The fraction of sp³-hybridized carbons (Fsp3) is 0.294. The minimum absolute atomic E-state index is 0.725. The van der Waals surface area contributed by atoms with E-state index in [9.17, 15) is 0 Å². The molecule has 0 amide bonds. The van der Waals surface area contributed by atoms with E-state index in [1.807, 2.05) is 26.0 Å². The molecule has 1 nitrogen and oxygen atoms in total. The second-order valence-corrected chi connectivity index (χ2v) is 4.29. The fourth-order valence-corrected chi connectivity index (χ4v) is 1.79. The molecule has 0 atom stereocenters. The van der Waals surface area contributed by atoms with E-state index in [4.69, 9.17) is 4.74 Å². The molecule has 0 aliphatic heterocycles. The zero-order valence-electron chi connectivity index (χ0n) is 11.6. The van der Waals surface area contributed by atoms with Gasteiger partial charge in [0, 0.05) is 5.56 Å². The van der Waals surface area contributed by atoms with Gasteiger partial charge in [-0.15, -0.1) is 0 Å². The molecule has 96 valence electrons. The van der Waals surface area contributed by atoms with Crippen molar-refractivity contribution in [1.82, 2.24) is 0 Å². The van der Waals surface area contributed by atoms with Crippen molar-refractivity contribution in [3.05, 3.63) is 54.6 Å². The van der Waals surface area contributed by atoms with E-state index in [-0.39, 0.29) is 0 Å². The van der Waals surface area contributed by atoms with Crippen molar-refractivity contribution < 1.29 is 4.74 Å². The molecule has 1 aromatic rings. The van der Waals surface area contributed by atoms with Crippen LogP contribution in [-0.2, 0) is 0 Å². The van der Waals surface area contributed by atoms with Gasteiger partial charge in [0.25, 0.3) is 0 Å². The van der Waals surface area contributed by atoms with Crippen LogP contribution in [0.1, 0.15) is 38.3 Å². The van der Waals surface area contributed by atoms with E-state index in [2.05, 4.69) is 38.3 Å². The van der Waals surface area contributed by atoms with E-state index >= 15 is 0 Å². The van der Waals surface area contributed by atoms with Crippen LogP contribution in [0.25, 0.3) is 11.1 Å². The summed E-state index contributed by atoms with van der Waals surface area (Å²) in [6.07, 6.45) is 4.91. The van der Waals surface area contributed by atoms with E-state index in [1.165, 1.54) is 0 Å². The lowest BCUT2D eigenvalue weighted by atomic mass is 10.0. The zero-order chi connectivity index (χ0) is 13.5. The van der Waals surface area contributed by atoms with Crippen molar-refractivity contribution in [3.63, 3.8) is 0 Å². The maximum atomic E-state index is 5.81. The summed E-state index contributed by atoms with van der Waals surface area (Å²) < 4.78 is 5.81. The number of allylic oxidation sites excluding steroid dienone is 4. The summed E-state index contributed by atoms with van der Waals surface area (Å²) in [4.78, 5) is 0. The minimum atomic E-state index is 0.725. The Morgan fingerprint density at radius 1 is 1.39 bits per heavy atom. The highest BCUT2D eigenvalue weighted by molar-refractivity contribution is 5.77. The minimum Gasteiger partial charge on any atom is -0.493 e. The van der Waals surface area contributed by atoms with Crippen LogP contribution in [-0.4, -0.2) is 6.61 Å². The first-order valence-electron chi connectivity index (χ1n) is 6.35. The number of hydrogen-bond acceptors (Lipinski definition) is 1. The van der Waals surface area contributed by atoms with Gasteiger partial charge in [-0.25, -0.2) is 0 Å². The van der Waals surface area contributed by atoms with Crippen molar-refractivity contribution in [2.45, 2.75) is 27.2 Å². The summed E-state index contributed by atoms with van der Waals surface area (Å²) in [7, 11) is 0. The highest BCUT2D eigenvalue weighted by atomic mass is 16.5. The predicted octanol–water partition coefficient (Wildman–Crippen LogP) is 5.10. The number of ether oxygens (including phenoxy) is 1. The second kappa shape index (κ2) is 6.85. The van der Waals surface area contributed by atoms with Crippen LogP contribution in [0.5, 0.6) is 5.75 Å². The van der Waals surface area contributed by atoms with E-state index in [1.54, 1.807) is 0 Å². The molecule has 0 aromatic heterocycles. The molecule has 0 radical (unpaired) electrons. The zero-order valence-corrected chi connectivity index (χ0v) is 11.6. The van der Waals surface area contributed by atoms with E-state index < -0.39 is 0 Å². The molecule has 1 aromatic carbocycles. The summed E-state index contributed by atoms with van der Waals surface area (Å²) in [5.41, 5.74) is 4.34. The van der Waals surface area contributed by atoms with Gasteiger partial charge >= 0.3 is 0 Å². The molecule has 0 heterocycles. The highest BCUT2D eigenvalue weighted by Gasteiger charge is 2.07. The molecule has 0 saturated carbocycles. The summed E-state index contributed by atoms with van der Waals surface area (Å²) in [5, 5.41) is 0. The Morgan fingerprint density at radius 3 is 2.61 bits per heavy atom. The predicted molar refractivity (Wildman–Crippen MR) is 80.8 cm³/mol. The first-order chi connectivity index (χ1) is 8.63. The Morgan fingerprint density at radius 2 is 2.11 bits per heavy atom. The molecule has 1 rings (SSSR count). The largest absolute Gasteiger partial charge is 0.493 e. The summed E-state index contributed by atoms with van der Waals surface area (Å²) in [6, 6.07) is 6.21. The summed E-state index contributed by atoms with van der Waals surface area (Å²) in [5.74, 6) is 0.906. The first-order valence-corrected chi connectivity index (χ1v) is 6.35. The van der Waals surface area contributed by atoms with Gasteiger partial charge < -0.3 is 4.74 Å². The average molecular weight is 242 g/mol. The standard InChI is InChI=1S/C17H22O/c1-6-11-18-17-12-15(14(7-2)8-3)9-10-16(17)13(4)5/h7-10,12H,2,4,6,11H2,1,3,5H3. The smallest absolute Gasteiger partial charge is 0.127 e. The third kappa shape index (κ3) is 3.36. The molecule has 18 heavy (non-hydrogen) atoms. The first kappa shape index (κ1) is 14.3. The molecule has 0 bridgehead atoms. The Bertz CT molecular complexity index is 466. The fourth-order valence-electron chi connectivity index (χ4n) is 1.79. The normalized spacial score (nSPS) is 11.2. The molecule has 0 aliphatic rings. The summed E-state index contributed by atoms with van der Waals surface area (Å²) in [6.45, 7) is 14.7. The van der Waals surface area contributed by atoms with Crippen LogP contribution in [0, 0.1) is 0 Å². The van der Waals surface area contributed by atoms with Gasteiger partial charge in [-0.05, 0) is 43.0 Å². The van der Waals surface area contributed by atoms with Gasteiger partial charge in [0.1, 0.15) is 5.75 Å². The van der Waals surface area contributed by atoms with E-state index in [0.29, 0.717) is 0 Å². The SMILES string of the molecule is C=CC(=CC)c1ccc(C(=C)C)c(OCCC)c1. The van der Waals surface area contributed by atoms with Crippen molar-refractivity contribution in [2.75, 3.05) is 6.61 Å². The lowest BCUT2D eigenvalue weighted by Crippen LogP contribution is -1.99. The second-order valence-electron chi connectivity index (χ2n) is 4.29. The lowest BCUT2D eigenvalue weighted by Gasteiger charge is -2.13. The van der Waals surface area contributed by atoms with Gasteiger partial charge in [-0.2, -0.15) is 0 Å². The van der Waals surface area contributed by atoms with Crippen LogP contribution in [0.4, 0.5) is 0 Å². The van der Waals surface area contributed by atoms with Crippen LogP contribution in [0.2, 0.25) is 0 Å². The van der Waals surface area contributed by atoms with Gasteiger partial charge in [0.2, 0.25) is 0 Å². The molecule has 0 unspecified atom stereocenters. The quantitative estimate of drug-likeness (QED) is 0.631. The van der Waals surface area contributed by atoms with Gasteiger partial charge in [-0.3, -0.25) is 0 Å². The molecular weight excluding hydrogens is 220 g/mol. The van der Waals surface area contributed by atoms with Crippen molar-refractivity contribution in [2.24, 2.45) is 0 Å². The highest BCUT2D eigenvalue weighted by Crippen LogP contribution is 2.29. The molecule has 0 spiro atoms. The Balaban J connectivity index is 3.20. The van der Waals surface area contributed by atoms with Crippen LogP contribution in [0.15, 0.2) is 43.5 Å². The molecule has 0 N–H and O–H groups in total. The topological polar surface area (TPSA) is 9.23 Å². The van der Waals surface area contributed by atoms with Crippen molar-refractivity contribution >= 4 is 11.1 Å². The van der Waals surface area contributed by atoms with Gasteiger partial charge in [0.15, 0.2) is 0 Å².